The van der Waals surface area contributed by atoms with Gasteiger partial charge in [-0.05, 0) is 26.4 Å². The normalized spacial score (nSPS) is 33.8. The van der Waals surface area contributed by atoms with E-state index in [1.165, 1.54) is 0 Å². The number of carboxylic acids is 1. The summed E-state index contributed by atoms with van der Waals surface area (Å²) in [5.41, 5.74) is 0. The second kappa shape index (κ2) is 5.12. The lowest BCUT2D eigenvalue weighted by Gasteiger charge is -2.42. The number of nitrogens with zero attached hydrogens (tertiary/aromatic N) is 2. The molecule has 2 atom stereocenters. The maximum Gasteiger partial charge on any atom is 0.309 e. The number of nitrogens with one attached hydrogen (secondary N) is 1. The van der Waals surface area contributed by atoms with E-state index in [4.69, 9.17) is 0 Å². The molecule has 2 fully saturated rings. The molecule has 2 unspecified atom stereocenters. The summed E-state index contributed by atoms with van der Waals surface area (Å²) >= 11 is 0. The molecule has 92 valence electrons. The van der Waals surface area contributed by atoms with E-state index in [0.717, 1.165) is 45.6 Å². The quantitative estimate of drug-likeness (QED) is 0.675. The minimum atomic E-state index is -0.656. The molecule has 0 aromatic heterocycles. The van der Waals surface area contributed by atoms with Crippen LogP contribution in [0, 0.1) is 5.92 Å². The molecule has 2 aliphatic rings. The molecule has 16 heavy (non-hydrogen) atoms. The van der Waals surface area contributed by atoms with Crippen LogP contribution < -0.4 is 5.32 Å². The highest BCUT2D eigenvalue weighted by Crippen LogP contribution is 2.20. The maximum atomic E-state index is 11.2. The third-order valence-corrected chi connectivity index (χ3v) is 3.67. The molecule has 0 aliphatic carbocycles. The molecule has 0 saturated carbocycles. The van der Waals surface area contributed by atoms with Gasteiger partial charge >= 0.3 is 5.97 Å². The zero-order chi connectivity index (χ0) is 11.5. The van der Waals surface area contributed by atoms with Crippen LogP contribution in [0.3, 0.4) is 0 Å². The minimum Gasteiger partial charge on any atom is -0.481 e. The zero-order valence-corrected chi connectivity index (χ0v) is 9.85. The summed E-state index contributed by atoms with van der Waals surface area (Å²) in [4.78, 5) is 15.8. The van der Waals surface area contributed by atoms with Gasteiger partial charge in [0.25, 0.3) is 0 Å². The lowest BCUT2D eigenvalue weighted by atomic mass is 9.94. The van der Waals surface area contributed by atoms with E-state index in [-0.39, 0.29) is 12.1 Å². The molecule has 0 spiro atoms. The van der Waals surface area contributed by atoms with Crippen LogP contribution in [0.5, 0.6) is 0 Å². The third-order valence-electron chi connectivity index (χ3n) is 3.67. The Kier molecular flexibility index (Phi) is 3.78. The first-order valence-electron chi connectivity index (χ1n) is 6.07. The van der Waals surface area contributed by atoms with Crippen molar-refractivity contribution in [1.29, 1.82) is 0 Å². The molecule has 2 N–H and O–H groups in total. The Morgan fingerprint density at radius 3 is 2.62 bits per heavy atom. The van der Waals surface area contributed by atoms with Crippen LogP contribution >= 0.6 is 0 Å². The fourth-order valence-corrected chi connectivity index (χ4v) is 2.61. The summed E-state index contributed by atoms with van der Waals surface area (Å²) in [5, 5.41) is 12.6. The Hall–Kier alpha value is -0.650. The van der Waals surface area contributed by atoms with Gasteiger partial charge in [0.15, 0.2) is 0 Å². The van der Waals surface area contributed by atoms with Crippen LogP contribution in [0.4, 0.5) is 0 Å². The topological polar surface area (TPSA) is 55.8 Å². The molecule has 2 rings (SSSR count). The fraction of sp³-hybridized carbons (Fsp3) is 0.909. The number of aliphatic carboxylic acids is 1. The first kappa shape index (κ1) is 11.8. The molecular weight excluding hydrogens is 206 g/mol. The van der Waals surface area contributed by atoms with Crippen LogP contribution in [-0.4, -0.2) is 66.8 Å². The van der Waals surface area contributed by atoms with E-state index in [0.29, 0.717) is 0 Å². The Morgan fingerprint density at radius 2 is 2.00 bits per heavy atom. The van der Waals surface area contributed by atoms with Gasteiger partial charge in [-0.1, -0.05) is 0 Å². The molecule has 2 aliphatic heterocycles. The molecule has 5 heteroatoms. The highest BCUT2D eigenvalue weighted by Gasteiger charge is 2.35. The molecule has 0 aromatic rings. The van der Waals surface area contributed by atoms with E-state index in [9.17, 15) is 9.90 Å². The van der Waals surface area contributed by atoms with Crippen molar-refractivity contribution in [2.45, 2.75) is 19.0 Å². The highest BCUT2D eigenvalue weighted by atomic mass is 16.4. The van der Waals surface area contributed by atoms with Crippen molar-refractivity contribution < 1.29 is 9.90 Å². The van der Waals surface area contributed by atoms with Gasteiger partial charge in [-0.15, -0.1) is 0 Å². The van der Waals surface area contributed by atoms with Gasteiger partial charge in [-0.3, -0.25) is 9.69 Å². The number of carbonyl (C=O) groups is 1. The van der Waals surface area contributed by atoms with Gasteiger partial charge in [-0.25, -0.2) is 0 Å². The van der Waals surface area contributed by atoms with Gasteiger partial charge in [-0.2, -0.15) is 0 Å². The van der Waals surface area contributed by atoms with Crippen molar-refractivity contribution >= 4 is 5.97 Å². The van der Waals surface area contributed by atoms with E-state index in [1.807, 2.05) is 0 Å². The lowest BCUT2D eigenvalue weighted by molar-refractivity contribution is -0.146. The van der Waals surface area contributed by atoms with Crippen molar-refractivity contribution in [1.82, 2.24) is 15.1 Å². The summed E-state index contributed by atoms with van der Waals surface area (Å²) in [6.45, 7) is 4.95. The largest absolute Gasteiger partial charge is 0.481 e. The molecule has 5 nitrogen and oxygen atoms in total. The van der Waals surface area contributed by atoms with Crippen LogP contribution in [0.15, 0.2) is 0 Å². The lowest BCUT2D eigenvalue weighted by Crippen LogP contribution is -2.59. The monoisotopic (exact) mass is 227 g/mol. The van der Waals surface area contributed by atoms with Crippen molar-refractivity contribution in [3.8, 4) is 0 Å². The van der Waals surface area contributed by atoms with Crippen LogP contribution in [0.25, 0.3) is 0 Å². The van der Waals surface area contributed by atoms with Gasteiger partial charge in [0, 0.05) is 26.2 Å². The number of piperazine rings is 1. The standard InChI is InChI=1S/C11H21N3O2/c1-13-5-7-14(8-6-13)10-9(11(15)16)3-2-4-12-10/h9-10,12H,2-8H2,1H3,(H,15,16). The molecule has 0 bridgehead atoms. The third kappa shape index (κ3) is 2.53. The number of hydrogen-bond acceptors (Lipinski definition) is 4. The van der Waals surface area contributed by atoms with E-state index < -0.39 is 5.97 Å². The highest BCUT2D eigenvalue weighted by molar-refractivity contribution is 5.71. The predicted molar refractivity (Wildman–Crippen MR) is 61.2 cm³/mol. The number of piperidine rings is 1. The maximum absolute atomic E-state index is 11.2. The first-order valence-corrected chi connectivity index (χ1v) is 6.07. The average molecular weight is 227 g/mol. The number of likely N-dealkylation sites (N-methyl/N-ethyl adjacent to an activating group) is 1. The second-order valence-corrected chi connectivity index (χ2v) is 4.83. The Balaban J connectivity index is 1.97. The minimum absolute atomic E-state index is 0.0416. The van der Waals surface area contributed by atoms with Gasteiger partial charge < -0.3 is 15.3 Å². The van der Waals surface area contributed by atoms with Crippen LogP contribution in [0.1, 0.15) is 12.8 Å². The molecule has 0 radical (unpaired) electrons. The smallest absolute Gasteiger partial charge is 0.309 e. The number of hydrogen-bond donors (Lipinski definition) is 2. The molecule has 2 heterocycles. The fourth-order valence-electron chi connectivity index (χ4n) is 2.61. The predicted octanol–water partition coefficient (Wildman–Crippen LogP) is -0.356. The van der Waals surface area contributed by atoms with Crippen LogP contribution in [0.2, 0.25) is 0 Å². The van der Waals surface area contributed by atoms with Crippen molar-refractivity contribution in [3.63, 3.8) is 0 Å². The van der Waals surface area contributed by atoms with Crippen LogP contribution in [-0.2, 0) is 4.79 Å². The summed E-state index contributed by atoms with van der Waals surface area (Å²) in [5.74, 6) is -0.895. The molecule has 0 aromatic carbocycles. The second-order valence-electron chi connectivity index (χ2n) is 4.83. The van der Waals surface area contributed by atoms with Crippen molar-refractivity contribution in [3.05, 3.63) is 0 Å². The zero-order valence-electron chi connectivity index (χ0n) is 9.85. The summed E-state index contributed by atoms with van der Waals surface area (Å²) in [6.07, 6.45) is 1.82. The van der Waals surface area contributed by atoms with Crippen molar-refractivity contribution in [2.75, 3.05) is 39.8 Å². The van der Waals surface area contributed by atoms with Crippen molar-refractivity contribution in [2.24, 2.45) is 5.92 Å². The average Bonchev–Trinajstić information content (AvgIpc) is 2.30. The SMILES string of the molecule is CN1CCN(C2NCCCC2C(=O)O)CC1. The Labute approximate surface area is 96.4 Å². The summed E-state index contributed by atoms with van der Waals surface area (Å²) in [6, 6.07) is 0. The van der Waals surface area contributed by atoms with E-state index in [2.05, 4.69) is 22.2 Å². The number of rotatable bonds is 2. The Morgan fingerprint density at radius 1 is 1.31 bits per heavy atom. The summed E-state index contributed by atoms with van der Waals surface area (Å²) < 4.78 is 0. The molecule has 2 saturated heterocycles. The van der Waals surface area contributed by atoms with Gasteiger partial charge in [0.2, 0.25) is 0 Å². The van der Waals surface area contributed by atoms with Gasteiger partial charge in [0.1, 0.15) is 0 Å². The first-order chi connectivity index (χ1) is 7.68. The number of carboxylic acid groups (broad SMARTS) is 1. The van der Waals surface area contributed by atoms with Gasteiger partial charge in [0.05, 0.1) is 12.1 Å². The molecular formula is C11H21N3O2. The molecule has 0 amide bonds. The van der Waals surface area contributed by atoms with E-state index in [1.54, 1.807) is 0 Å². The summed E-state index contributed by atoms with van der Waals surface area (Å²) in [7, 11) is 2.11. The Bertz CT molecular complexity index is 252. The van der Waals surface area contributed by atoms with E-state index >= 15 is 0 Å².